The molecule has 0 spiro atoms. The van der Waals surface area contributed by atoms with Gasteiger partial charge in [-0.2, -0.15) is 0 Å². The Balaban J connectivity index is 1.88. The summed E-state index contributed by atoms with van der Waals surface area (Å²) < 4.78 is 0. The molecule has 0 aliphatic carbocycles. The molecule has 4 nitrogen and oxygen atoms in total. The molecule has 0 saturated heterocycles. The standard InChI is InChI=1S/C16H16N4/c1-11-4-5-12(9-19-11)10-20-15-7-6-14(17)13-3-2-8-18-16(13)15/h2-9,20H,10,17H2,1H3. The molecule has 0 saturated carbocycles. The second kappa shape index (κ2) is 5.17. The van der Waals surface area contributed by atoms with Gasteiger partial charge >= 0.3 is 0 Å². The second-order valence-corrected chi connectivity index (χ2v) is 4.76. The van der Waals surface area contributed by atoms with Crippen molar-refractivity contribution in [3.8, 4) is 0 Å². The topological polar surface area (TPSA) is 63.8 Å². The van der Waals surface area contributed by atoms with Crippen molar-refractivity contribution < 1.29 is 0 Å². The number of aryl methyl sites for hydroxylation is 1. The molecule has 4 heteroatoms. The quantitative estimate of drug-likeness (QED) is 0.713. The Labute approximate surface area is 117 Å². The van der Waals surface area contributed by atoms with E-state index in [1.807, 2.05) is 43.5 Å². The minimum absolute atomic E-state index is 0.711. The highest BCUT2D eigenvalue weighted by Crippen LogP contribution is 2.26. The molecule has 0 unspecified atom stereocenters. The first kappa shape index (κ1) is 12.4. The zero-order valence-corrected chi connectivity index (χ0v) is 11.3. The number of hydrogen-bond donors (Lipinski definition) is 2. The summed E-state index contributed by atoms with van der Waals surface area (Å²) >= 11 is 0. The number of nitrogen functional groups attached to an aromatic ring is 1. The van der Waals surface area contributed by atoms with Crippen LogP contribution in [0.2, 0.25) is 0 Å². The third kappa shape index (κ3) is 2.40. The Bertz CT molecular complexity index is 735. The molecule has 0 fully saturated rings. The highest BCUT2D eigenvalue weighted by atomic mass is 14.9. The lowest BCUT2D eigenvalue weighted by atomic mass is 10.1. The van der Waals surface area contributed by atoms with Crippen LogP contribution in [-0.4, -0.2) is 9.97 Å². The number of benzene rings is 1. The van der Waals surface area contributed by atoms with Crippen LogP contribution in [0, 0.1) is 6.92 Å². The van der Waals surface area contributed by atoms with Crippen LogP contribution in [0.15, 0.2) is 48.8 Å². The van der Waals surface area contributed by atoms with Crippen molar-refractivity contribution in [1.29, 1.82) is 0 Å². The van der Waals surface area contributed by atoms with E-state index in [-0.39, 0.29) is 0 Å². The summed E-state index contributed by atoms with van der Waals surface area (Å²) in [5.41, 5.74) is 10.8. The Morgan fingerprint density at radius 3 is 2.80 bits per heavy atom. The monoisotopic (exact) mass is 264 g/mol. The lowest BCUT2D eigenvalue weighted by molar-refractivity contribution is 1.09. The summed E-state index contributed by atoms with van der Waals surface area (Å²) in [5, 5.41) is 4.36. The van der Waals surface area contributed by atoms with Gasteiger partial charge in [-0.15, -0.1) is 0 Å². The van der Waals surface area contributed by atoms with Crippen molar-refractivity contribution in [2.75, 3.05) is 11.1 Å². The molecule has 1 aromatic carbocycles. The largest absolute Gasteiger partial charge is 0.398 e. The molecule has 0 radical (unpaired) electrons. The van der Waals surface area contributed by atoms with Gasteiger partial charge in [-0.25, -0.2) is 0 Å². The van der Waals surface area contributed by atoms with Crippen LogP contribution in [0.4, 0.5) is 11.4 Å². The number of nitrogens with one attached hydrogen (secondary N) is 1. The molecule has 100 valence electrons. The van der Waals surface area contributed by atoms with Crippen molar-refractivity contribution in [1.82, 2.24) is 9.97 Å². The minimum Gasteiger partial charge on any atom is -0.398 e. The maximum atomic E-state index is 5.97. The van der Waals surface area contributed by atoms with Gasteiger partial charge in [-0.3, -0.25) is 9.97 Å². The van der Waals surface area contributed by atoms with Crippen LogP contribution in [0.1, 0.15) is 11.3 Å². The second-order valence-electron chi connectivity index (χ2n) is 4.76. The van der Waals surface area contributed by atoms with E-state index in [1.54, 1.807) is 6.20 Å². The molecular weight excluding hydrogens is 248 g/mol. The Morgan fingerprint density at radius 1 is 1.10 bits per heavy atom. The molecule has 3 rings (SSSR count). The highest BCUT2D eigenvalue weighted by molar-refractivity contribution is 5.98. The van der Waals surface area contributed by atoms with E-state index >= 15 is 0 Å². The number of anilines is 2. The fourth-order valence-corrected chi connectivity index (χ4v) is 2.14. The van der Waals surface area contributed by atoms with Crippen LogP contribution in [0.3, 0.4) is 0 Å². The number of nitrogens with zero attached hydrogens (tertiary/aromatic N) is 2. The number of hydrogen-bond acceptors (Lipinski definition) is 4. The van der Waals surface area contributed by atoms with E-state index in [4.69, 9.17) is 5.73 Å². The lowest BCUT2D eigenvalue weighted by Crippen LogP contribution is -2.02. The first-order valence-electron chi connectivity index (χ1n) is 6.52. The number of aromatic nitrogens is 2. The number of rotatable bonds is 3. The summed E-state index contributed by atoms with van der Waals surface area (Å²) in [5.74, 6) is 0. The molecule has 0 aliphatic rings. The van der Waals surface area contributed by atoms with Gasteiger partial charge in [-0.05, 0) is 42.8 Å². The molecule has 3 N–H and O–H groups in total. The summed E-state index contributed by atoms with van der Waals surface area (Å²) in [7, 11) is 0. The average Bonchev–Trinajstić information content (AvgIpc) is 2.49. The first-order chi connectivity index (χ1) is 9.74. The van der Waals surface area contributed by atoms with Crippen LogP contribution in [-0.2, 0) is 6.54 Å². The van der Waals surface area contributed by atoms with Crippen molar-refractivity contribution in [2.24, 2.45) is 0 Å². The Kier molecular flexibility index (Phi) is 3.21. The Morgan fingerprint density at radius 2 is 2.00 bits per heavy atom. The normalized spacial score (nSPS) is 10.7. The summed E-state index contributed by atoms with van der Waals surface area (Å²) in [6.07, 6.45) is 3.66. The molecule has 0 amide bonds. The molecule has 20 heavy (non-hydrogen) atoms. The fraction of sp³-hybridized carbons (Fsp3) is 0.125. The molecule has 0 bridgehead atoms. The van der Waals surface area contributed by atoms with E-state index in [2.05, 4.69) is 21.4 Å². The van der Waals surface area contributed by atoms with Crippen LogP contribution >= 0.6 is 0 Å². The molecule has 0 atom stereocenters. The van der Waals surface area contributed by atoms with Gasteiger partial charge in [-0.1, -0.05) is 6.07 Å². The highest BCUT2D eigenvalue weighted by Gasteiger charge is 2.04. The minimum atomic E-state index is 0.711. The van der Waals surface area contributed by atoms with Crippen LogP contribution in [0.5, 0.6) is 0 Å². The predicted octanol–water partition coefficient (Wildman–Crippen LogP) is 3.13. The van der Waals surface area contributed by atoms with Crippen molar-refractivity contribution in [3.63, 3.8) is 0 Å². The first-order valence-corrected chi connectivity index (χ1v) is 6.52. The van der Waals surface area contributed by atoms with E-state index in [0.717, 1.165) is 33.5 Å². The van der Waals surface area contributed by atoms with Gasteiger partial charge in [0.1, 0.15) is 0 Å². The maximum absolute atomic E-state index is 5.97. The third-order valence-electron chi connectivity index (χ3n) is 3.26. The smallest absolute Gasteiger partial charge is 0.0953 e. The van der Waals surface area contributed by atoms with E-state index in [0.29, 0.717) is 6.54 Å². The van der Waals surface area contributed by atoms with Gasteiger partial charge in [0.15, 0.2) is 0 Å². The van der Waals surface area contributed by atoms with Gasteiger partial charge in [0.25, 0.3) is 0 Å². The van der Waals surface area contributed by atoms with Gasteiger partial charge < -0.3 is 11.1 Å². The predicted molar refractivity (Wildman–Crippen MR) is 82.5 cm³/mol. The summed E-state index contributed by atoms with van der Waals surface area (Å²) in [4.78, 5) is 8.70. The molecular formula is C16H16N4. The SMILES string of the molecule is Cc1ccc(CNc2ccc(N)c3cccnc23)cn1. The van der Waals surface area contributed by atoms with E-state index in [9.17, 15) is 0 Å². The van der Waals surface area contributed by atoms with E-state index < -0.39 is 0 Å². The van der Waals surface area contributed by atoms with Gasteiger partial charge in [0, 0.05) is 35.7 Å². The molecule has 3 aromatic rings. The van der Waals surface area contributed by atoms with Crippen molar-refractivity contribution in [3.05, 3.63) is 60.0 Å². The fourth-order valence-electron chi connectivity index (χ4n) is 2.14. The molecule has 0 aliphatic heterocycles. The summed E-state index contributed by atoms with van der Waals surface area (Å²) in [6.45, 7) is 2.69. The zero-order valence-electron chi connectivity index (χ0n) is 11.3. The third-order valence-corrected chi connectivity index (χ3v) is 3.26. The van der Waals surface area contributed by atoms with E-state index in [1.165, 1.54) is 0 Å². The van der Waals surface area contributed by atoms with Crippen LogP contribution in [0.25, 0.3) is 10.9 Å². The number of nitrogens with two attached hydrogens (primary N) is 1. The maximum Gasteiger partial charge on any atom is 0.0953 e. The average molecular weight is 264 g/mol. The van der Waals surface area contributed by atoms with Gasteiger partial charge in [0.05, 0.1) is 11.2 Å². The molecule has 2 aromatic heterocycles. The van der Waals surface area contributed by atoms with Crippen molar-refractivity contribution in [2.45, 2.75) is 13.5 Å². The number of pyridine rings is 2. The lowest BCUT2D eigenvalue weighted by Gasteiger charge is -2.10. The van der Waals surface area contributed by atoms with Gasteiger partial charge in [0.2, 0.25) is 0 Å². The number of fused-ring (bicyclic) bond motifs is 1. The zero-order chi connectivity index (χ0) is 13.9. The van der Waals surface area contributed by atoms with Crippen molar-refractivity contribution >= 4 is 22.3 Å². The molecule has 2 heterocycles. The van der Waals surface area contributed by atoms with Crippen LogP contribution < -0.4 is 11.1 Å². The summed E-state index contributed by atoms with van der Waals surface area (Å²) in [6, 6.07) is 11.8. The Hall–Kier alpha value is -2.62.